The van der Waals surface area contributed by atoms with Crippen molar-refractivity contribution in [2.45, 2.75) is 46.5 Å². The van der Waals surface area contributed by atoms with Gasteiger partial charge in [-0.05, 0) is 49.1 Å². The minimum absolute atomic E-state index is 0.00766. The van der Waals surface area contributed by atoms with Crippen LogP contribution in [0.25, 0.3) is 0 Å². The van der Waals surface area contributed by atoms with Crippen molar-refractivity contribution in [1.29, 1.82) is 0 Å². The molecule has 0 radical (unpaired) electrons. The van der Waals surface area contributed by atoms with Gasteiger partial charge in [0.2, 0.25) is 11.8 Å². The molecule has 7 nitrogen and oxygen atoms in total. The quantitative estimate of drug-likeness (QED) is 0.580. The smallest absolute Gasteiger partial charge is 0.276 e. The van der Waals surface area contributed by atoms with Crippen LogP contribution in [0.5, 0.6) is 5.75 Å². The van der Waals surface area contributed by atoms with E-state index in [0.29, 0.717) is 11.7 Å². The monoisotopic (exact) mass is 411 g/mol. The molecule has 2 aromatic rings. The average Bonchev–Trinajstić information content (AvgIpc) is 2.71. The van der Waals surface area contributed by atoms with Crippen LogP contribution in [-0.4, -0.2) is 24.3 Å². The summed E-state index contributed by atoms with van der Waals surface area (Å²) in [6.07, 6.45) is -0.0394. The molecule has 0 aromatic heterocycles. The summed E-state index contributed by atoms with van der Waals surface area (Å²) < 4.78 is 5.39. The van der Waals surface area contributed by atoms with Crippen molar-refractivity contribution in [3.8, 4) is 5.75 Å². The highest BCUT2D eigenvalue weighted by atomic mass is 16.5. The Balaban J connectivity index is 1.66. The largest absolute Gasteiger partial charge is 0.484 e. The number of aryl methyl sites for hydroxylation is 2. The molecule has 0 aliphatic rings. The van der Waals surface area contributed by atoms with E-state index in [9.17, 15) is 14.4 Å². The topological polar surface area (TPSA) is 96.5 Å². The standard InChI is InChI=1S/C23H29N3O4/c1-15(2)18-6-8-19(9-7-18)30-14-23(29)26-25-22(28)12-11-21(27)24-20-10-5-16(3)13-17(20)4/h5-10,13,15H,11-12,14H2,1-4H3,(H,24,27)(H,25,28)(H,26,29). The van der Waals surface area contributed by atoms with Crippen molar-refractivity contribution in [3.63, 3.8) is 0 Å². The second-order valence-corrected chi connectivity index (χ2v) is 7.48. The Morgan fingerprint density at radius 2 is 1.50 bits per heavy atom. The lowest BCUT2D eigenvalue weighted by atomic mass is 10.0. The molecule has 2 rings (SSSR count). The van der Waals surface area contributed by atoms with Gasteiger partial charge in [0.05, 0.1) is 0 Å². The average molecular weight is 412 g/mol. The fourth-order valence-corrected chi connectivity index (χ4v) is 2.73. The Kier molecular flexibility index (Phi) is 8.41. The van der Waals surface area contributed by atoms with Crippen LogP contribution in [0, 0.1) is 13.8 Å². The van der Waals surface area contributed by atoms with Crippen molar-refractivity contribution < 1.29 is 19.1 Å². The van der Waals surface area contributed by atoms with E-state index in [1.54, 1.807) is 12.1 Å². The van der Waals surface area contributed by atoms with Crippen molar-refractivity contribution in [3.05, 3.63) is 59.2 Å². The maximum absolute atomic E-state index is 12.0. The zero-order valence-electron chi connectivity index (χ0n) is 17.9. The molecule has 0 aliphatic heterocycles. The third-order valence-corrected chi connectivity index (χ3v) is 4.49. The highest BCUT2D eigenvalue weighted by Crippen LogP contribution is 2.18. The molecule has 0 heterocycles. The first kappa shape index (κ1) is 22.9. The molecule has 0 atom stereocenters. The van der Waals surface area contributed by atoms with Crippen molar-refractivity contribution >= 4 is 23.4 Å². The lowest BCUT2D eigenvalue weighted by molar-refractivity contribution is -0.130. The van der Waals surface area contributed by atoms with Gasteiger partial charge in [-0.2, -0.15) is 0 Å². The zero-order valence-corrected chi connectivity index (χ0v) is 17.9. The van der Waals surface area contributed by atoms with Crippen LogP contribution in [0.3, 0.4) is 0 Å². The molecular weight excluding hydrogens is 382 g/mol. The van der Waals surface area contributed by atoms with Crippen molar-refractivity contribution in [1.82, 2.24) is 10.9 Å². The number of hydrogen-bond donors (Lipinski definition) is 3. The maximum Gasteiger partial charge on any atom is 0.276 e. The summed E-state index contributed by atoms with van der Waals surface area (Å²) in [6.45, 7) is 7.85. The number of ether oxygens (including phenoxy) is 1. The number of hydrogen-bond acceptors (Lipinski definition) is 4. The summed E-state index contributed by atoms with van der Waals surface area (Å²) in [5.41, 5.74) is 8.53. The number of benzene rings is 2. The summed E-state index contributed by atoms with van der Waals surface area (Å²) in [7, 11) is 0. The van der Waals surface area contributed by atoms with Gasteiger partial charge < -0.3 is 10.1 Å². The Bertz CT molecular complexity index is 892. The van der Waals surface area contributed by atoms with E-state index in [0.717, 1.165) is 16.8 Å². The van der Waals surface area contributed by atoms with Gasteiger partial charge in [0.25, 0.3) is 5.91 Å². The van der Waals surface area contributed by atoms with Gasteiger partial charge in [0.1, 0.15) is 5.75 Å². The third-order valence-electron chi connectivity index (χ3n) is 4.49. The number of rotatable bonds is 8. The molecule has 3 N–H and O–H groups in total. The lowest BCUT2D eigenvalue weighted by Crippen LogP contribution is -2.44. The number of anilines is 1. The first-order valence-corrected chi connectivity index (χ1v) is 9.92. The predicted octanol–water partition coefficient (Wildman–Crippen LogP) is 3.37. The predicted molar refractivity (Wildman–Crippen MR) is 116 cm³/mol. The highest BCUT2D eigenvalue weighted by molar-refractivity contribution is 5.94. The first-order chi connectivity index (χ1) is 14.2. The summed E-state index contributed by atoms with van der Waals surface area (Å²) in [6, 6.07) is 13.2. The van der Waals surface area contributed by atoms with E-state index in [4.69, 9.17) is 4.74 Å². The first-order valence-electron chi connectivity index (χ1n) is 9.92. The molecular formula is C23H29N3O4. The van der Waals surface area contributed by atoms with Crippen LogP contribution in [0.4, 0.5) is 5.69 Å². The SMILES string of the molecule is Cc1ccc(NC(=O)CCC(=O)NNC(=O)COc2ccc(C(C)C)cc2)c(C)c1. The Morgan fingerprint density at radius 3 is 2.13 bits per heavy atom. The third kappa shape index (κ3) is 7.58. The minimum Gasteiger partial charge on any atom is -0.484 e. The van der Waals surface area contributed by atoms with Crippen LogP contribution in [0.1, 0.15) is 49.3 Å². The van der Waals surface area contributed by atoms with Crippen LogP contribution in [0.15, 0.2) is 42.5 Å². The Morgan fingerprint density at radius 1 is 0.867 bits per heavy atom. The zero-order chi connectivity index (χ0) is 22.1. The highest BCUT2D eigenvalue weighted by Gasteiger charge is 2.10. The van der Waals surface area contributed by atoms with E-state index < -0.39 is 11.8 Å². The molecule has 30 heavy (non-hydrogen) atoms. The fourth-order valence-electron chi connectivity index (χ4n) is 2.73. The number of hydrazine groups is 1. The Labute approximate surface area is 177 Å². The van der Waals surface area contributed by atoms with Crippen molar-refractivity contribution in [2.24, 2.45) is 0 Å². The number of amides is 3. The lowest BCUT2D eigenvalue weighted by Gasteiger charge is -2.11. The van der Waals surface area contributed by atoms with Crippen LogP contribution >= 0.6 is 0 Å². The molecule has 0 bridgehead atoms. The van der Waals surface area contributed by atoms with Gasteiger partial charge in [-0.1, -0.05) is 43.7 Å². The van der Waals surface area contributed by atoms with Crippen molar-refractivity contribution in [2.75, 3.05) is 11.9 Å². The van der Waals surface area contributed by atoms with Gasteiger partial charge in [-0.25, -0.2) is 0 Å². The van der Waals surface area contributed by atoms with Gasteiger partial charge in [0.15, 0.2) is 6.61 Å². The van der Waals surface area contributed by atoms with E-state index in [1.165, 1.54) is 5.56 Å². The number of carbonyl (C=O) groups excluding carboxylic acids is 3. The van der Waals surface area contributed by atoms with Gasteiger partial charge in [-0.15, -0.1) is 0 Å². The summed E-state index contributed by atoms with van der Waals surface area (Å²) in [5, 5.41) is 2.78. The molecule has 0 unspecified atom stereocenters. The molecule has 0 spiro atoms. The molecule has 160 valence electrons. The van der Waals surface area contributed by atoms with Gasteiger partial charge in [-0.3, -0.25) is 25.2 Å². The molecule has 0 fully saturated rings. The van der Waals surface area contributed by atoms with Crippen LogP contribution < -0.4 is 20.9 Å². The summed E-state index contributed by atoms with van der Waals surface area (Å²) in [5.74, 6) is -0.224. The second-order valence-electron chi connectivity index (χ2n) is 7.48. The second kappa shape index (κ2) is 11.0. The molecule has 3 amide bonds. The van der Waals surface area contributed by atoms with Gasteiger partial charge >= 0.3 is 0 Å². The Hall–Kier alpha value is -3.35. The number of nitrogens with one attached hydrogen (secondary N) is 3. The fraction of sp³-hybridized carbons (Fsp3) is 0.348. The molecule has 2 aromatic carbocycles. The molecule has 0 aliphatic carbocycles. The van der Waals surface area contributed by atoms with E-state index in [1.807, 2.05) is 44.2 Å². The van der Waals surface area contributed by atoms with Crippen LogP contribution in [0.2, 0.25) is 0 Å². The molecule has 0 saturated heterocycles. The van der Waals surface area contributed by atoms with Gasteiger partial charge in [0, 0.05) is 18.5 Å². The maximum atomic E-state index is 12.0. The number of carbonyl (C=O) groups is 3. The normalized spacial score (nSPS) is 10.4. The molecule has 0 saturated carbocycles. The van der Waals surface area contributed by atoms with E-state index >= 15 is 0 Å². The van der Waals surface area contributed by atoms with E-state index in [-0.39, 0.29) is 25.4 Å². The summed E-state index contributed by atoms with van der Waals surface area (Å²) in [4.78, 5) is 35.7. The molecule has 7 heteroatoms. The van der Waals surface area contributed by atoms with E-state index in [2.05, 4.69) is 30.0 Å². The minimum atomic E-state index is -0.490. The summed E-state index contributed by atoms with van der Waals surface area (Å²) >= 11 is 0. The van der Waals surface area contributed by atoms with Crippen LogP contribution in [-0.2, 0) is 14.4 Å².